The van der Waals surface area contributed by atoms with Crippen molar-refractivity contribution < 1.29 is 14.0 Å². The number of nitrogens with zero attached hydrogens (tertiary/aromatic N) is 1. The van der Waals surface area contributed by atoms with E-state index in [0.717, 1.165) is 24.8 Å². The first kappa shape index (κ1) is 18.1. The fourth-order valence-corrected chi connectivity index (χ4v) is 2.12. The van der Waals surface area contributed by atoms with Gasteiger partial charge in [-0.3, -0.25) is 9.59 Å². The Bertz CT molecular complexity index is 474. The van der Waals surface area contributed by atoms with Crippen LogP contribution in [-0.4, -0.2) is 36.3 Å². The molecule has 5 heteroatoms. The Morgan fingerprint density at radius 2 is 1.77 bits per heavy atom. The van der Waals surface area contributed by atoms with Crippen molar-refractivity contribution in [2.45, 2.75) is 39.5 Å². The maximum atomic E-state index is 12.8. The fraction of sp³-hybridized carbons (Fsp3) is 0.529. The van der Waals surface area contributed by atoms with Crippen LogP contribution in [0.1, 0.15) is 38.7 Å². The summed E-state index contributed by atoms with van der Waals surface area (Å²) < 4.78 is 12.8. The number of carbonyl (C=O) groups is 2. The monoisotopic (exact) mass is 308 g/mol. The lowest BCUT2D eigenvalue weighted by Gasteiger charge is -2.21. The van der Waals surface area contributed by atoms with E-state index in [2.05, 4.69) is 12.2 Å². The molecule has 0 heterocycles. The van der Waals surface area contributed by atoms with Crippen molar-refractivity contribution in [1.82, 2.24) is 10.2 Å². The van der Waals surface area contributed by atoms with Gasteiger partial charge in [0.1, 0.15) is 5.82 Å². The molecule has 1 N–H and O–H groups in total. The molecule has 0 aliphatic carbocycles. The van der Waals surface area contributed by atoms with E-state index in [0.29, 0.717) is 26.1 Å². The molecule has 0 aromatic heterocycles. The molecule has 0 spiro atoms. The zero-order chi connectivity index (χ0) is 16.4. The van der Waals surface area contributed by atoms with Gasteiger partial charge in [-0.15, -0.1) is 0 Å². The summed E-state index contributed by atoms with van der Waals surface area (Å²) in [4.78, 5) is 25.6. The SMILES string of the molecule is CCCCN(CCC)C(=O)C(=O)NCCc1ccc(F)cc1. The van der Waals surface area contributed by atoms with Gasteiger partial charge < -0.3 is 10.2 Å². The summed E-state index contributed by atoms with van der Waals surface area (Å²) in [6.07, 6.45) is 3.29. The number of halogens is 1. The fourth-order valence-electron chi connectivity index (χ4n) is 2.12. The number of unbranched alkanes of at least 4 members (excludes halogenated alkanes) is 1. The van der Waals surface area contributed by atoms with E-state index in [1.54, 1.807) is 17.0 Å². The molecule has 0 bridgehead atoms. The minimum absolute atomic E-state index is 0.283. The maximum Gasteiger partial charge on any atom is 0.311 e. The molecule has 2 amide bonds. The van der Waals surface area contributed by atoms with Crippen LogP contribution in [0.2, 0.25) is 0 Å². The average Bonchev–Trinajstić information content (AvgIpc) is 2.52. The number of carbonyl (C=O) groups excluding carboxylic acids is 2. The lowest BCUT2D eigenvalue weighted by atomic mass is 10.1. The predicted octanol–water partition coefficient (Wildman–Crippen LogP) is 2.52. The number of rotatable bonds is 8. The zero-order valence-electron chi connectivity index (χ0n) is 13.4. The summed E-state index contributed by atoms with van der Waals surface area (Å²) >= 11 is 0. The third-order valence-corrected chi connectivity index (χ3v) is 3.37. The van der Waals surface area contributed by atoms with Gasteiger partial charge in [0.05, 0.1) is 0 Å². The van der Waals surface area contributed by atoms with Crippen molar-refractivity contribution >= 4 is 11.8 Å². The molecule has 1 aromatic rings. The average molecular weight is 308 g/mol. The van der Waals surface area contributed by atoms with Crippen molar-refractivity contribution in [2.24, 2.45) is 0 Å². The molecule has 0 saturated carbocycles. The Balaban J connectivity index is 2.41. The number of nitrogens with one attached hydrogen (secondary N) is 1. The third-order valence-electron chi connectivity index (χ3n) is 3.37. The van der Waals surface area contributed by atoms with Crippen LogP contribution in [0.5, 0.6) is 0 Å². The summed E-state index contributed by atoms with van der Waals surface area (Å²) in [5.41, 5.74) is 0.922. The first-order valence-electron chi connectivity index (χ1n) is 7.90. The first-order chi connectivity index (χ1) is 10.6. The molecule has 122 valence electrons. The van der Waals surface area contributed by atoms with E-state index in [1.807, 2.05) is 6.92 Å². The smallest absolute Gasteiger partial charge is 0.311 e. The molecule has 1 rings (SSSR count). The van der Waals surface area contributed by atoms with E-state index in [9.17, 15) is 14.0 Å². The minimum atomic E-state index is -0.563. The quantitative estimate of drug-likeness (QED) is 0.750. The summed E-state index contributed by atoms with van der Waals surface area (Å²) in [7, 11) is 0. The van der Waals surface area contributed by atoms with Crippen LogP contribution in [0.15, 0.2) is 24.3 Å². The molecule has 0 aliphatic heterocycles. The van der Waals surface area contributed by atoms with Crippen molar-refractivity contribution in [3.8, 4) is 0 Å². The second-order valence-corrected chi connectivity index (χ2v) is 5.28. The molecule has 0 unspecified atom stereocenters. The Hall–Kier alpha value is -1.91. The van der Waals surface area contributed by atoms with E-state index in [4.69, 9.17) is 0 Å². The lowest BCUT2D eigenvalue weighted by molar-refractivity contribution is -0.145. The molecule has 0 fully saturated rings. The predicted molar refractivity (Wildman–Crippen MR) is 84.9 cm³/mol. The Morgan fingerprint density at radius 1 is 1.09 bits per heavy atom. The molecular weight excluding hydrogens is 283 g/mol. The van der Waals surface area contributed by atoms with Gasteiger partial charge in [-0.1, -0.05) is 32.4 Å². The van der Waals surface area contributed by atoms with E-state index >= 15 is 0 Å². The van der Waals surface area contributed by atoms with Gasteiger partial charge in [0.25, 0.3) is 0 Å². The lowest BCUT2D eigenvalue weighted by Crippen LogP contribution is -2.44. The van der Waals surface area contributed by atoms with Crippen LogP contribution in [0, 0.1) is 5.82 Å². The van der Waals surface area contributed by atoms with E-state index < -0.39 is 11.8 Å². The Kier molecular flexibility index (Phi) is 8.18. The largest absolute Gasteiger partial charge is 0.347 e. The molecule has 0 saturated heterocycles. The van der Waals surface area contributed by atoms with Crippen molar-refractivity contribution in [3.05, 3.63) is 35.6 Å². The standard InChI is InChI=1S/C17H25FN2O2/c1-3-5-13-20(12-4-2)17(22)16(21)19-11-10-14-6-8-15(18)9-7-14/h6-9H,3-5,10-13H2,1-2H3,(H,19,21). The molecule has 4 nitrogen and oxygen atoms in total. The van der Waals surface area contributed by atoms with Gasteiger partial charge in [0, 0.05) is 19.6 Å². The molecule has 0 aliphatic rings. The van der Waals surface area contributed by atoms with Gasteiger partial charge in [0.15, 0.2) is 0 Å². The number of hydrogen-bond acceptors (Lipinski definition) is 2. The van der Waals surface area contributed by atoms with Gasteiger partial charge in [0.2, 0.25) is 0 Å². The minimum Gasteiger partial charge on any atom is -0.347 e. The summed E-state index contributed by atoms with van der Waals surface area (Å²) in [5, 5.41) is 2.64. The second kappa shape index (κ2) is 9.92. The van der Waals surface area contributed by atoms with Crippen LogP contribution >= 0.6 is 0 Å². The first-order valence-corrected chi connectivity index (χ1v) is 7.90. The highest BCUT2D eigenvalue weighted by Gasteiger charge is 2.20. The molecule has 22 heavy (non-hydrogen) atoms. The highest BCUT2D eigenvalue weighted by atomic mass is 19.1. The van der Waals surface area contributed by atoms with Gasteiger partial charge in [-0.05, 0) is 37.0 Å². The van der Waals surface area contributed by atoms with Gasteiger partial charge in [-0.25, -0.2) is 4.39 Å². The number of amides is 2. The number of hydrogen-bond donors (Lipinski definition) is 1. The van der Waals surface area contributed by atoms with E-state index in [1.165, 1.54) is 12.1 Å². The third kappa shape index (κ3) is 6.24. The maximum absolute atomic E-state index is 12.8. The normalized spacial score (nSPS) is 10.3. The summed E-state index contributed by atoms with van der Waals surface area (Å²) in [5.74, 6) is -1.31. The number of benzene rings is 1. The highest BCUT2D eigenvalue weighted by Crippen LogP contribution is 2.03. The Labute approximate surface area is 131 Å². The highest BCUT2D eigenvalue weighted by molar-refractivity contribution is 6.35. The van der Waals surface area contributed by atoms with Crippen molar-refractivity contribution in [1.29, 1.82) is 0 Å². The summed E-state index contributed by atoms with van der Waals surface area (Å²) in [6, 6.07) is 6.12. The Morgan fingerprint density at radius 3 is 2.36 bits per heavy atom. The second-order valence-electron chi connectivity index (χ2n) is 5.28. The van der Waals surface area contributed by atoms with Crippen LogP contribution in [-0.2, 0) is 16.0 Å². The zero-order valence-corrected chi connectivity index (χ0v) is 13.4. The van der Waals surface area contributed by atoms with Crippen LogP contribution in [0.3, 0.4) is 0 Å². The van der Waals surface area contributed by atoms with Crippen LogP contribution in [0.4, 0.5) is 4.39 Å². The van der Waals surface area contributed by atoms with Gasteiger partial charge >= 0.3 is 11.8 Å². The van der Waals surface area contributed by atoms with Crippen LogP contribution in [0.25, 0.3) is 0 Å². The molecule has 1 aromatic carbocycles. The molecule has 0 atom stereocenters. The summed E-state index contributed by atoms with van der Waals surface area (Å²) in [6.45, 7) is 5.62. The van der Waals surface area contributed by atoms with Crippen molar-refractivity contribution in [3.63, 3.8) is 0 Å². The van der Waals surface area contributed by atoms with Crippen LogP contribution < -0.4 is 5.32 Å². The van der Waals surface area contributed by atoms with Crippen molar-refractivity contribution in [2.75, 3.05) is 19.6 Å². The molecule has 0 radical (unpaired) electrons. The van der Waals surface area contributed by atoms with Gasteiger partial charge in [-0.2, -0.15) is 0 Å². The molecular formula is C17H25FN2O2. The van der Waals surface area contributed by atoms with E-state index in [-0.39, 0.29) is 5.82 Å². The topological polar surface area (TPSA) is 49.4 Å².